The van der Waals surface area contributed by atoms with Crippen LogP contribution in [0.1, 0.15) is 33.1 Å². The van der Waals surface area contributed by atoms with Crippen LogP contribution in [0.2, 0.25) is 0 Å². The van der Waals surface area contributed by atoms with E-state index in [-0.39, 0.29) is 18.1 Å². The van der Waals surface area contributed by atoms with Crippen LogP contribution < -0.4 is 0 Å². The summed E-state index contributed by atoms with van der Waals surface area (Å²) in [5.74, 6) is 0.0636. The van der Waals surface area contributed by atoms with Gasteiger partial charge >= 0.3 is 0 Å². The fourth-order valence-electron chi connectivity index (χ4n) is 2.93. The van der Waals surface area contributed by atoms with E-state index in [4.69, 9.17) is 9.47 Å². The number of ether oxygens (including phenoxy) is 2. The number of amides is 1. The minimum absolute atomic E-state index is 0.0636. The lowest BCUT2D eigenvalue weighted by Crippen LogP contribution is -2.52. The summed E-state index contributed by atoms with van der Waals surface area (Å²) in [6, 6.07) is 0. The molecule has 0 aromatic heterocycles. The molecular weight excluding hydrogens is 284 g/mol. The van der Waals surface area contributed by atoms with Crippen LogP contribution in [0.15, 0.2) is 0 Å². The zero-order valence-corrected chi connectivity index (χ0v) is 13.9. The second-order valence-electron chi connectivity index (χ2n) is 6.30. The van der Waals surface area contributed by atoms with Crippen LogP contribution in [0.4, 0.5) is 0 Å². The molecule has 1 N–H and O–H groups in total. The number of hydrogen-bond acceptors (Lipinski definition) is 5. The van der Waals surface area contributed by atoms with Crippen molar-refractivity contribution in [3.05, 3.63) is 0 Å². The molecule has 0 aromatic rings. The highest BCUT2D eigenvalue weighted by Crippen LogP contribution is 2.14. The fourth-order valence-corrected chi connectivity index (χ4v) is 2.93. The monoisotopic (exact) mass is 314 g/mol. The van der Waals surface area contributed by atoms with E-state index in [1.54, 1.807) is 0 Å². The Morgan fingerprint density at radius 1 is 1.36 bits per heavy atom. The summed E-state index contributed by atoms with van der Waals surface area (Å²) < 4.78 is 11.2. The van der Waals surface area contributed by atoms with Crippen LogP contribution in [-0.4, -0.2) is 85.1 Å². The van der Waals surface area contributed by atoms with E-state index in [1.807, 2.05) is 18.7 Å². The highest BCUT2D eigenvalue weighted by Gasteiger charge is 2.27. The predicted molar refractivity (Wildman–Crippen MR) is 83.7 cm³/mol. The third-order valence-corrected chi connectivity index (χ3v) is 4.53. The first-order valence-electron chi connectivity index (χ1n) is 8.52. The SMILES string of the molecule is CC[C@H](O)CN1CCN(C(=O)[C@@H](C)OC[C@H]2CCCO2)CC1. The molecule has 2 fully saturated rings. The molecule has 0 radical (unpaired) electrons. The summed E-state index contributed by atoms with van der Waals surface area (Å²) >= 11 is 0. The molecule has 0 spiro atoms. The normalized spacial score (nSPS) is 26.1. The Hall–Kier alpha value is -0.690. The molecule has 2 saturated heterocycles. The summed E-state index contributed by atoms with van der Waals surface area (Å²) in [6.07, 6.45) is 2.37. The Balaban J connectivity index is 1.67. The van der Waals surface area contributed by atoms with Crippen LogP contribution in [-0.2, 0) is 14.3 Å². The lowest BCUT2D eigenvalue weighted by Gasteiger charge is -2.36. The fraction of sp³-hybridized carbons (Fsp3) is 0.938. The maximum Gasteiger partial charge on any atom is 0.251 e. The van der Waals surface area contributed by atoms with Gasteiger partial charge in [-0.1, -0.05) is 6.92 Å². The maximum absolute atomic E-state index is 12.4. The quantitative estimate of drug-likeness (QED) is 0.741. The van der Waals surface area contributed by atoms with E-state index in [9.17, 15) is 9.90 Å². The smallest absolute Gasteiger partial charge is 0.251 e. The van der Waals surface area contributed by atoms with Crippen LogP contribution >= 0.6 is 0 Å². The lowest BCUT2D eigenvalue weighted by molar-refractivity contribution is -0.146. The number of rotatable bonds is 7. The van der Waals surface area contributed by atoms with E-state index in [0.717, 1.165) is 39.0 Å². The lowest BCUT2D eigenvalue weighted by atomic mass is 10.2. The van der Waals surface area contributed by atoms with Gasteiger partial charge in [0.15, 0.2) is 0 Å². The highest BCUT2D eigenvalue weighted by molar-refractivity contribution is 5.80. The van der Waals surface area contributed by atoms with Gasteiger partial charge in [0.05, 0.1) is 18.8 Å². The molecule has 1 amide bonds. The standard InChI is InChI=1S/C16H30N2O4/c1-3-14(19)11-17-6-8-18(9-7-17)16(20)13(2)22-12-15-5-4-10-21-15/h13-15,19H,3-12H2,1-2H3/t13-,14+,15-/m1/s1. The second-order valence-corrected chi connectivity index (χ2v) is 6.30. The predicted octanol–water partition coefficient (Wildman–Crippen LogP) is 0.486. The van der Waals surface area contributed by atoms with Crippen molar-refractivity contribution < 1.29 is 19.4 Å². The molecule has 0 unspecified atom stereocenters. The average molecular weight is 314 g/mol. The van der Waals surface area contributed by atoms with Gasteiger partial charge in [0.25, 0.3) is 5.91 Å². The summed E-state index contributed by atoms with van der Waals surface area (Å²) in [5, 5.41) is 9.69. The molecule has 0 saturated carbocycles. The summed E-state index contributed by atoms with van der Waals surface area (Å²) in [4.78, 5) is 16.5. The first-order chi connectivity index (χ1) is 10.6. The minimum Gasteiger partial charge on any atom is -0.392 e. The van der Waals surface area contributed by atoms with Gasteiger partial charge in [-0.25, -0.2) is 0 Å². The molecule has 22 heavy (non-hydrogen) atoms. The van der Waals surface area contributed by atoms with Gasteiger partial charge in [0.1, 0.15) is 6.10 Å². The van der Waals surface area contributed by atoms with Crippen molar-refractivity contribution in [2.24, 2.45) is 0 Å². The Morgan fingerprint density at radius 3 is 2.68 bits per heavy atom. The molecule has 2 aliphatic rings. The zero-order chi connectivity index (χ0) is 15.9. The number of nitrogens with zero attached hydrogens (tertiary/aromatic N) is 2. The molecular formula is C16H30N2O4. The molecule has 6 nitrogen and oxygen atoms in total. The van der Waals surface area contributed by atoms with Crippen molar-refractivity contribution in [1.29, 1.82) is 0 Å². The summed E-state index contributed by atoms with van der Waals surface area (Å²) in [7, 11) is 0. The highest BCUT2D eigenvalue weighted by atomic mass is 16.5. The number of aliphatic hydroxyl groups excluding tert-OH is 1. The third kappa shape index (κ3) is 5.19. The average Bonchev–Trinajstić information content (AvgIpc) is 3.06. The maximum atomic E-state index is 12.4. The number of aliphatic hydroxyl groups is 1. The molecule has 3 atom stereocenters. The molecule has 2 heterocycles. The van der Waals surface area contributed by atoms with Gasteiger partial charge in [-0.05, 0) is 26.2 Å². The van der Waals surface area contributed by atoms with E-state index in [0.29, 0.717) is 26.2 Å². The van der Waals surface area contributed by atoms with Gasteiger partial charge in [-0.2, -0.15) is 0 Å². The van der Waals surface area contributed by atoms with Gasteiger partial charge in [-0.15, -0.1) is 0 Å². The van der Waals surface area contributed by atoms with Crippen LogP contribution in [0.3, 0.4) is 0 Å². The molecule has 2 rings (SSSR count). The number of carbonyl (C=O) groups excluding carboxylic acids is 1. The van der Waals surface area contributed by atoms with Crippen molar-refractivity contribution >= 4 is 5.91 Å². The number of carbonyl (C=O) groups is 1. The van der Waals surface area contributed by atoms with Crippen molar-refractivity contribution in [2.45, 2.75) is 51.4 Å². The zero-order valence-electron chi connectivity index (χ0n) is 13.9. The van der Waals surface area contributed by atoms with E-state index in [1.165, 1.54) is 0 Å². The van der Waals surface area contributed by atoms with Crippen molar-refractivity contribution in [1.82, 2.24) is 9.80 Å². The van der Waals surface area contributed by atoms with Crippen LogP contribution in [0.25, 0.3) is 0 Å². The Morgan fingerprint density at radius 2 is 2.09 bits per heavy atom. The molecule has 6 heteroatoms. The summed E-state index contributed by atoms with van der Waals surface area (Å²) in [5.41, 5.74) is 0. The molecule has 0 aliphatic carbocycles. The van der Waals surface area contributed by atoms with Gasteiger partial charge in [0.2, 0.25) is 0 Å². The summed E-state index contributed by atoms with van der Waals surface area (Å²) in [6.45, 7) is 8.89. The topological polar surface area (TPSA) is 62.2 Å². The Labute approximate surface area is 133 Å². The largest absolute Gasteiger partial charge is 0.392 e. The molecule has 2 aliphatic heterocycles. The van der Waals surface area contributed by atoms with Crippen molar-refractivity contribution in [2.75, 3.05) is 45.9 Å². The Kier molecular flexibility index (Phi) is 7.08. The van der Waals surface area contributed by atoms with Crippen molar-refractivity contribution in [3.63, 3.8) is 0 Å². The number of hydrogen-bond donors (Lipinski definition) is 1. The second kappa shape index (κ2) is 8.82. The van der Waals surface area contributed by atoms with E-state index >= 15 is 0 Å². The van der Waals surface area contributed by atoms with Gasteiger partial charge in [0, 0.05) is 39.3 Å². The van der Waals surface area contributed by atoms with E-state index < -0.39 is 6.10 Å². The molecule has 128 valence electrons. The van der Waals surface area contributed by atoms with E-state index in [2.05, 4.69) is 4.90 Å². The first-order valence-corrected chi connectivity index (χ1v) is 8.52. The third-order valence-electron chi connectivity index (χ3n) is 4.53. The molecule has 0 bridgehead atoms. The van der Waals surface area contributed by atoms with Crippen molar-refractivity contribution in [3.8, 4) is 0 Å². The van der Waals surface area contributed by atoms with Crippen LogP contribution in [0.5, 0.6) is 0 Å². The number of piperazine rings is 1. The van der Waals surface area contributed by atoms with Gasteiger partial charge < -0.3 is 19.5 Å². The number of β-amino-alcohol motifs (C(OH)–C–C–N with tert-alkyl or cyclic N) is 1. The van der Waals surface area contributed by atoms with Gasteiger partial charge in [-0.3, -0.25) is 9.69 Å². The Bertz CT molecular complexity index is 339. The minimum atomic E-state index is -0.406. The first kappa shape index (κ1) is 17.7. The molecule has 0 aromatic carbocycles. The van der Waals surface area contributed by atoms with Crippen LogP contribution in [0, 0.1) is 0 Å².